The number of aliphatic hydroxyl groups excluding tert-OH is 1. The van der Waals surface area contributed by atoms with Gasteiger partial charge in [0.2, 0.25) is 5.91 Å². The van der Waals surface area contributed by atoms with Crippen LogP contribution in [0.15, 0.2) is 12.2 Å². The van der Waals surface area contributed by atoms with E-state index in [1.165, 1.54) is 231 Å². The number of nitrogens with zero attached hydrogens (tertiary/aromatic N) is 1. The summed E-state index contributed by atoms with van der Waals surface area (Å²) in [6, 6.07) is -0.881. The SMILES string of the molecule is CCCCCCCCCCCCCCCCCCCCCCCCCCCCCC/C=C/C(O)C(COP(=O)([O-])OCC[N+](C)(C)C)NC(=O)CCCCCCCCCCCCCCC. The van der Waals surface area contributed by atoms with Crippen molar-refractivity contribution < 1.29 is 32.9 Å². The van der Waals surface area contributed by atoms with Crippen molar-refractivity contribution in [3.8, 4) is 0 Å². The molecule has 2 N–H and O–H groups in total. The fraction of sp³-hybridized carbons (Fsp3) is 0.946. The first kappa shape index (κ1) is 64.2. The van der Waals surface area contributed by atoms with Gasteiger partial charge in [-0.1, -0.05) is 276 Å². The van der Waals surface area contributed by atoms with Crippen molar-refractivity contribution in [1.82, 2.24) is 5.32 Å². The Balaban J connectivity index is 4.06. The lowest BCUT2D eigenvalue weighted by atomic mass is 10.0. The van der Waals surface area contributed by atoms with E-state index in [2.05, 4.69) is 19.2 Å². The summed E-state index contributed by atoms with van der Waals surface area (Å²) < 4.78 is 23.3. The highest BCUT2D eigenvalue weighted by atomic mass is 31.2. The lowest BCUT2D eigenvalue weighted by Gasteiger charge is -2.29. The second kappa shape index (κ2) is 48.3. The number of quaternary nitrogens is 1. The molecule has 0 saturated heterocycles. The first-order valence-electron chi connectivity index (χ1n) is 28.6. The van der Waals surface area contributed by atoms with Crippen molar-refractivity contribution in [2.24, 2.45) is 0 Å². The summed E-state index contributed by atoms with van der Waals surface area (Å²) >= 11 is 0. The van der Waals surface area contributed by atoms with Gasteiger partial charge in [0, 0.05) is 6.42 Å². The topological polar surface area (TPSA) is 108 Å². The van der Waals surface area contributed by atoms with Gasteiger partial charge in [0.05, 0.1) is 39.9 Å². The van der Waals surface area contributed by atoms with Crippen molar-refractivity contribution in [3.05, 3.63) is 12.2 Å². The van der Waals surface area contributed by atoms with Gasteiger partial charge in [-0.3, -0.25) is 9.36 Å². The van der Waals surface area contributed by atoms with E-state index in [4.69, 9.17) is 9.05 Å². The number of carbonyl (C=O) groups excluding carboxylic acids is 1. The zero-order chi connectivity index (χ0) is 47.8. The number of nitrogens with one attached hydrogen (secondary N) is 1. The molecule has 0 heterocycles. The number of phosphoric ester groups is 1. The maximum Gasteiger partial charge on any atom is 0.268 e. The lowest BCUT2D eigenvalue weighted by Crippen LogP contribution is -2.45. The van der Waals surface area contributed by atoms with Gasteiger partial charge in [-0.25, -0.2) is 0 Å². The van der Waals surface area contributed by atoms with Crippen molar-refractivity contribution in [2.45, 2.75) is 302 Å². The van der Waals surface area contributed by atoms with E-state index in [9.17, 15) is 19.4 Å². The van der Waals surface area contributed by atoms with Gasteiger partial charge in [0.15, 0.2) is 0 Å². The third kappa shape index (κ3) is 50.9. The molecule has 9 heteroatoms. The van der Waals surface area contributed by atoms with E-state index in [-0.39, 0.29) is 19.1 Å². The molecule has 0 fully saturated rings. The zero-order valence-electron chi connectivity index (χ0n) is 44.2. The van der Waals surface area contributed by atoms with Crippen LogP contribution >= 0.6 is 7.82 Å². The number of hydrogen-bond donors (Lipinski definition) is 2. The highest BCUT2D eigenvalue weighted by molar-refractivity contribution is 7.45. The van der Waals surface area contributed by atoms with Crippen LogP contribution < -0.4 is 10.2 Å². The molecule has 0 aliphatic rings. The average molecular weight is 942 g/mol. The number of hydrogen-bond acceptors (Lipinski definition) is 6. The molecule has 0 bridgehead atoms. The number of rotatable bonds is 53. The molecule has 0 radical (unpaired) electrons. The second-order valence-electron chi connectivity index (χ2n) is 21.0. The third-order valence-electron chi connectivity index (χ3n) is 13.2. The van der Waals surface area contributed by atoms with E-state index >= 15 is 0 Å². The molecule has 0 aromatic carbocycles. The van der Waals surface area contributed by atoms with Crippen molar-refractivity contribution in [3.63, 3.8) is 0 Å². The summed E-state index contributed by atoms with van der Waals surface area (Å²) in [7, 11) is 1.28. The Hall–Kier alpha value is -0.760. The van der Waals surface area contributed by atoms with Gasteiger partial charge in [-0.15, -0.1) is 0 Å². The summed E-state index contributed by atoms with van der Waals surface area (Å²) in [6.45, 7) is 4.68. The smallest absolute Gasteiger partial charge is 0.268 e. The largest absolute Gasteiger partial charge is 0.756 e. The number of unbranched alkanes of at least 4 members (excludes halogenated alkanes) is 40. The van der Waals surface area contributed by atoms with E-state index in [0.29, 0.717) is 17.4 Å². The van der Waals surface area contributed by atoms with Crippen molar-refractivity contribution in [2.75, 3.05) is 40.9 Å². The first-order valence-corrected chi connectivity index (χ1v) is 30.0. The normalized spacial score (nSPS) is 14.0. The van der Waals surface area contributed by atoms with Crippen molar-refractivity contribution in [1.29, 1.82) is 0 Å². The Morgan fingerprint density at radius 1 is 0.523 bits per heavy atom. The minimum Gasteiger partial charge on any atom is -0.756 e. The molecular weight excluding hydrogens is 828 g/mol. The van der Waals surface area contributed by atoms with Crippen LogP contribution in [0.25, 0.3) is 0 Å². The van der Waals surface area contributed by atoms with E-state index in [1.807, 2.05) is 27.2 Å². The molecule has 0 aromatic rings. The minimum atomic E-state index is -4.59. The van der Waals surface area contributed by atoms with Crippen LogP contribution in [0.2, 0.25) is 0 Å². The predicted molar refractivity (Wildman–Crippen MR) is 279 cm³/mol. The van der Waals surface area contributed by atoms with Crippen molar-refractivity contribution >= 4 is 13.7 Å². The number of allylic oxidation sites excluding steroid dienone is 1. The van der Waals surface area contributed by atoms with Gasteiger partial charge < -0.3 is 28.8 Å². The minimum absolute atomic E-state index is 0.00246. The molecule has 0 rings (SSSR count). The maximum absolute atomic E-state index is 12.9. The standard InChI is InChI=1S/C56H113N2O6P/c1-6-8-10-12-14-16-18-20-21-22-23-24-25-26-27-28-29-30-31-32-33-34-35-36-38-39-41-43-45-47-49-55(59)54(53-64-65(61,62)63-52-51-58(3,4)5)57-56(60)50-48-46-44-42-40-37-19-17-15-13-11-9-7-2/h47,49,54-55,59H,6-46,48,50-53H2,1-5H3,(H-,57,60,61,62)/b49-47+. The predicted octanol–water partition coefficient (Wildman–Crippen LogP) is 16.4. The quantitative estimate of drug-likeness (QED) is 0.0272. The first-order chi connectivity index (χ1) is 31.5. The van der Waals surface area contributed by atoms with E-state index in [0.717, 1.165) is 38.5 Å². The van der Waals surface area contributed by atoms with Crippen LogP contribution in [-0.4, -0.2) is 68.5 Å². The summed E-state index contributed by atoms with van der Waals surface area (Å²) in [5, 5.41) is 13.9. The Morgan fingerprint density at radius 2 is 0.831 bits per heavy atom. The van der Waals surface area contributed by atoms with Gasteiger partial charge in [0.25, 0.3) is 7.82 Å². The third-order valence-corrected chi connectivity index (χ3v) is 14.2. The number of aliphatic hydroxyl groups is 1. The van der Waals surface area contributed by atoms with Gasteiger partial charge >= 0.3 is 0 Å². The van der Waals surface area contributed by atoms with Crippen LogP contribution in [0.5, 0.6) is 0 Å². The zero-order valence-corrected chi connectivity index (χ0v) is 45.1. The monoisotopic (exact) mass is 941 g/mol. The van der Waals surface area contributed by atoms with Gasteiger partial charge in [-0.2, -0.15) is 0 Å². The van der Waals surface area contributed by atoms with Crippen LogP contribution in [0.3, 0.4) is 0 Å². The van der Waals surface area contributed by atoms with Gasteiger partial charge in [-0.05, 0) is 19.3 Å². The van der Waals surface area contributed by atoms with Crippen LogP contribution in [0, 0.1) is 0 Å². The van der Waals surface area contributed by atoms with Gasteiger partial charge in [0.1, 0.15) is 13.2 Å². The summed E-state index contributed by atoms with van der Waals surface area (Å²) in [5.41, 5.74) is 0. The Morgan fingerprint density at radius 3 is 1.15 bits per heavy atom. The number of phosphoric acid groups is 1. The van der Waals surface area contributed by atoms with Crippen LogP contribution in [0.1, 0.15) is 290 Å². The maximum atomic E-state index is 12.9. The summed E-state index contributed by atoms with van der Waals surface area (Å²) in [4.78, 5) is 25.4. The average Bonchev–Trinajstić information content (AvgIpc) is 3.26. The molecule has 1 amide bonds. The molecule has 0 aromatic heterocycles. The number of carbonyl (C=O) groups is 1. The molecule has 0 spiro atoms. The van der Waals surface area contributed by atoms with E-state index in [1.54, 1.807) is 6.08 Å². The fourth-order valence-electron chi connectivity index (χ4n) is 8.74. The molecule has 388 valence electrons. The molecular formula is C56H113N2O6P. The fourth-order valence-corrected chi connectivity index (χ4v) is 9.47. The Bertz CT molecular complexity index is 1070. The lowest BCUT2D eigenvalue weighted by molar-refractivity contribution is -0.870. The molecule has 3 atom stereocenters. The molecule has 8 nitrogen and oxygen atoms in total. The highest BCUT2D eigenvalue weighted by Crippen LogP contribution is 2.38. The van der Waals surface area contributed by atoms with E-state index < -0.39 is 20.0 Å². The Kier molecular flexibility index (Phi) is 47.7. The van der Waals surface area contributed by atoms with Crippen LogP contribution in [0.4, 0.5) is 0 Å². The van der Waals surface area contributed by atoms with Crippen LogP contribution in [-0.2, 0) is 18.4 Å². The molecule has 3 unspecified atom stereocenters. The summed E-state index contributed by atoms with van der Waals surface area (Å²) in [6.07, 6.45) is 58.7. The Labute approximate surface area is 405 Å². The molecule has 65 heavy (non-hydrogen) atoms. The number of likely N-dealkylation sites (N-methyl/N-ethyl adjacent to an activating group) is 1. The molecule has 0 aliphatic heterocycles. The highest BCUT2D eigenvalue weighted by Gasteiger charge is 2.23. The number of amides is 1. The molecule has 0 saturated carbocycles. The second-order valence-corrected chi connectivity index (χ2v) is 22.4. The summed E-state index contributed by atoms with van der Waals surface area (Å²) in [5.74, 6) is -0.193. The molecule has 0 aliphatic carbocycles.